The molecule has 1 aromatic heterocycles. The number of hydrogen-bond acceptors (Lipinski definition) is 9. The largest absolute Gasteiger partial charge is 0.497 e. The van der Waals surface area contributed by atoms with Crippen LogP contribution in [0.2, 0.25) is 0 Å². The lowest BCUT2D eigenvalue weighted by Gasteiger charge is -2.13. The number of aromatic nitrogens is 2. The minimum absolute atomic E-state index is 0.0180. The zero-order valence-corrected chi connectivity index (χ0v) is 16.0. The summed E-state index contributed by atoms with van der Waals surface area (Å²) in [5.41, 5.74) is 0.798. The second-order valence-corrected chi connectivity index (χ2v) is 5.72. The lowest BCUT2D eigenvalue weighted by Crippen LogP contribution is -2.06. The molecule has 0 atom stereocenters. The number of anilines is 4. The van der Waals surface area contributed by atoms with Gasteiger partial charge in [0.05, 0.1) is 31.9 Å². The van der Waals surface area contributed by atoms with E-state index in [4.69, 9.17) is 14.2 Å². The van der Waals surface area contributed by atoms with Crippen molar-refractivity contribution in [2.45, 2.75) is 0 Å². The van der Waals surface area contributed by atoms with Gasteiger partial charge in [0.15, 0.2) is 0 Å². The molecule has 0 bridgehead atoms. The summed E-state index contributed by atoms with van der Waals surface area (Å²) in [6, 6.07) is 12.0. The van der Waals surface area contributed by atoms with Crippen molar-refractivity contribution in [3.05, 3.63) is 58.9 Å². The van der Waals surface area contributed by atoms with Crippen LogP contribution < -0.4 is 24.8 Å². The molecular formula is C19H19N5O5. The highest BCUT2D eigenvalue weighted by Crippen LogP contribution is 2.36. The van der Waals surface area contributed by atoms with Crippen LogP contribution in [-0.2, 0) is 0 Å². The molecule has 2 aromatic carbocycles. The highest BCUT2D eigenvalue weighted by molar-refractivity contribution is 5.78. The maximum atomic E-state index is 11.8. The minimum atomic E-state index is -0.551. The molecule has 3 rings (SSSR count). The number of nitro groups is 1. The highest BCUT2D eigenvalue weighted by atomic mass is 16.6. The van der Waals surface area contributed by atoms with E-state index in [-0.39, 0.29) is 17.3 Å². The normalized spacial score (nSPS) is 10.2. The summed E-state index contributed by atoms with van der Waals surface area (Å²) in [7, 11) is 4.59. The first kappa shape index (κ1) is 19.7. The van der Waals surface area contributed by atoms with Crippen LogP contribution in [0, 0.1) is 10.1 Å². The molecule has 150 valence electrons. The molecule has 3 aromatic rings. The van der Waals surface area contributed by atoms with Crippen LogP contribution in [0.1, 0.15) is 0 Å². The third kappa shape index (κ3) is 4.43. The maximum absolute atomic E-state index is 11.8. The van der Waals surface area contributed by atoms with Crippen molar-refractivity contribution in [1.29, 1.82) is 0 Å². The van der Waals surface area contributed by atoms with Gasteiger partial charge in [0, 0.05) is 11.8 Å². The third-order valence-electron chi connectivity index (χ3n) is 4.02. The van der Waals surface area contributed by atoms with Crippen LogP contribution in [0.25, 0.3) is 0 Å². The molecule has 0 spiro atoms. The second kappa shape index (κ2) is 8.74. The summed E-state index contributed by atoms with van der Waals surface area (Å²) < 4.78 is 15.6. The number of nitrogens with one attached hydrogen (secondary N) is 2. The van der Waals surface area contributed by atoms with Gasteiger partial charge in [-0.3, -0.25) is 10.1 Å². The molecule has 0 aliphatic carbocycles. The van der Waals surface area contributed by atoms with Crippen molar-refractivity contribution >= 4 is 28.7 Å². The molecule has 0 radical (unpaired) electrons. The summed E-state index contributed by atoms with van der Waals surface area (Å²) in [5, 5.41) is 17.6. The van der Waals surface area contributed by atoms with Crippen molar-refractivity contribution < 1.29 is 19.1 Å². The monoisotopic (exact) mass is 397 g/mol. The van der Waals surface area contributed by atoms with Gasteiger partial charge in [0.2, 0.25) is 11.6 Å². The average molecular weight is 397 g/mol. The van der Waals surface area contributed by atoms with Gasteiger partial charge in [-0.1, -0.05) is 0 Å². The third-order valence-corrected chi connectivity index (χ3v) is 4.02. The lowest BCUT2D eigenvalue weighted by molar-refractivity contribution is -0.383. The van der Waals surface area contributed by atoms with Crippen LogP contribution in [0.5, 0.6) is 17.2 Å². The molecule has 29 heavy (non-hydrogen) atoms. The van der Waals surface area contributed by atoms with Crippen molar-refractivity contribution in [2.24, 2.45) is 0 Å². The standard InChI is InChI=1S/C19H19N5O5/c1-27-13-6-4-12(5-7-13)22-18-17(24(25)26)19(21-11-20-18)23-15-9-8-14(28-2)10-16(15)29-3/h4-11H,1-3H3,(H2,20,21,22,23). The Morgan fingerprint density at radius 1 is 0.862 bits per heavy atom. The zero-order valence-electron chi connectivity index (χ0n) is 16.0. The number of benzene rings is 2. The molecule has 0 unspecified atom stereocenters. The molecule has 0 fully saturated rings. The van der Waals surface area contributed by atoms with Gasteiger partial charge in [-0.25, -0.2) is 9.97 Å². The van der Waals surface area contributed by atoms with E-state index in [0.717, 1.165) is 0 Å². The molecule has 10 heteroatoms. The first-order valence-electron chi connectivity index (χ1n) is 8.45. The van der Waals surface area contributed by atoms with Gasteiger partial charge in [-0.2, -0.15) is 0 Å². The van der Waals surface area contributed by atoms with E-state index in [1.807, 2.05) is 0 Å². The predicted molar refractivity (Wildman–Crippen MR) is 108 cm³/mol. The minimum Gasteiger partial charge on any atom is -0.497 e. The van der Waals surface area contributed by atoms with Crippen LogP contribution in [0.4, 0.5) is 28.7 Å². The summed E-state index contributed by atoms with van der Waals surface area (Å²) >= 11 is 0. The Balaban J connectivity index is 1.95. The molecule has 0 aliphatic heterocycles. The SMILES string of the molecule is COc1ccc(Nc2ncnc(Nc3ccc(OC)cc3OC)c2[N+](=O)[O-])cc1. The Hall–Kier alpha value is -4.08. The average Bonchev–Trinajstić information content (AvgIpc) is 2.74. The molecule has 0 saturated carbocycles. The fourth-order valence-electron chi connectivity index (χ4n) is 2.58. The molecule has 0 saturated heterocycles. The quantitative estimate of drug-likeness (QED) is 0.430. The number of rotatable bonds is 8. The summed E-state index contributed by atoms with van der Waals surface area (Å²) in [6.45, 7) is 0. The molecule has 0 amide bonds. The summed E-state index contributed by atoms with van der Waals surface area (Å²) in [6.07, 6.45) is 1.23. The first-order chi connectivity index (χ1) is 14.0. The van der Waals surface area contributed by atoms with E-state index >= 15 is 0 Å². The van der Waals surface area contributed by atoms with Gasteiger partial charge in [0.1, 0.15) is 23.6 Å². The van der Waals surface area contributed by atoms with Crippen LogP contribution in [0.3, 0.4) is 0 Å². The lowest BCUT2D eigenvalue weighted by atomic mass is 10.2. The molecule has 1 heterocycles. The van der Waals surface area contributed by atoms with Crippen molar-refractivity contribution in [1.82, 2.24) is 9.97 Å². The topological polar surface area (TPSA) is 121 Å². The summed E-state index contributed by atoms with van der Waals surface area (Å²) in [5.74, 6) is 1.77. The molecule has 0 aliphatic rings. The molecule has 2 N–H and O–H groups in total. The smallest absolute Gasteiger partial charge is 0.353 e. The van der Waals surface area contributed by atoms with Crippen LogP contribution in [0.15, 0.2) is 48.8 Å². The number of ether oxygens (including phenoxy) is 3. The first-order valence-corrected chi connectivity index (χ1v) is 8.45. The highest BCUT2D eigenvalue weighted by Gasteiger charge is 2.24. The Morgan fingerprint density at radius 3 is 2.07 bits per heavy atom. The van der Waals surface area contributed by atoms with E-state index in [1.54, 1.807) is 49.6 Å². The molecular weight excluding hydrogens is 378 g/mol. The van der Waals surface area contributed by atoms with Crippen LogP contribution in [-0.4, -0.2) is 36.2 Å². The predicted octanol–water partition coefficient (Wildman–Crippen LogP) is 3.90. The fourth-order valence-corrected chi connectivity index (χ4v) is 2.58. The summed E-state index contributed by atoms with van der Waals surface area (Å²) in [4.78, 5) is 19.3. The Kier molecular flexibility index (Phi) is 5.93. The second-order valence-electron chi connectivity index (χ2n) is 5.72. The van der Waals surface area contributed by atoms with E-state index in [0.29, 0.717) is 28.6 Å². The zero-order chi connectivity index (χ0) is 20.8. The number of methoxy groups -OCH3 is 3. The van der Waals surface area contributed by atoms with Gasteiger partial charge in [0.25, 0.3) is 0 Å². The van der Waals surface area contributed by atoms with E-state index in [9.17, 15) is 10.1 Å². The van der Waals surface area contributed by atoms with Crippen LogP contribution >= 0.6 is 0 Å². The van der Waals surface area contributed by atoms with Crippen molar-refractivity contribution in [2.75, 3.05) is 32.0 Å². The van der Waals surface area contributed by atoms with E-state index in [2.05, 4.69) is 20.6 Å². The Morgan fingerprint density at radius 2 is 1.48 bits per heavy atom. The maximum Gasteiger partial charge on any atom is 0.353 e. The van der Waals surface area contributed by atoms with Gasteiger partial charge < -0.3 is 24.8 Å². The van der Waals surface area contributed by atoms with E-state index in [1.165, 1.54) is 20.5 Å². The Labute approximate surface area is 166 Å². The Bertz CT molecular complexity index is 1010. The van der Waals surface area contributed by atoms with Gasteiger partial charge in [-0.05, 0) is 36.4 Å². The fraction of sp³-hybridized carbons (Fsp3) is 0.158. The van der Waals surface area contributed by atoms with Gasteiger partial charge in [-0.15, -0.1) is 0 Å². The number of hydrogen-bond donors (Lipinski definition) is 2. The van der Waals surface area contributed by atoms with Crippen molar-refractivity contribution in [3.8, 4) is 17.2 Å². The van der Waals surface area contributed by atoms with Gasteiger partial charge >= 0.3 is 5.69 Å². The van der Waals surface area contributed by atoms with E-state index < -0.39 is 4.92 Å². The molecule has 10 nitrogen and oxygen atoms in total. The van der Waals surface area contributed by atoms with Crippen molar-refractivity contribution in [3.63, 3.8) is 0 Å². The number of nitrogens with zero attached hydrogens (tertiary/aromatic N) is 3.